The summed E-state index contributed by atoms with van der Waals surface area (Å²) in [5, 5.41) is 0. The van der Waals surface area contributed by atoms with Crippen LogP contribution in [0.4, 0.5) is 0 Å². The van der Waals surface area contributed by atoms with Crippen LogP contribution in [0.5, 0.6) is 0 Å². The van der Waals surface area contributed by atoms with Gasteiger partial charge >= 0.3 is 0 Å². The number of benzene rings is 1. The number of carbonyl (C=O) groups excluding carboxylic acids is 1. The van der Waals surface area contributed by atoms with Crippen molar-refractivity contribution in [3.8, 4) is 0 Å². The Balaban J connectivity index is 0.000000606. The van der Waals surface area contributed by atoms with Crippen molar-refractivity contribution in [3.05, 3.63) is 35.9 Å². The van der Waals surface area contributed by atoms with E-state index in [-0.39, 0.29) is 5.92 Å². The first-order valence-corrected chi connectivity index (χ1v) is 6.10. The summed E-state index contributed by atoms with van der Waals surface area (Å²) in [4.78, 5) is 13.6. The number of carbonyl (C=O) groups is 1. The SMILES string of the molecule is CC.CC1CCN(Cc2ccccc2)C1=O. The molecule has 1 aliphatic heterocycles. The van der Waals surface area contributed by atoms with Crippen LogP contribution in [0, 0.1) is 5.92 Å². The first-order chi connectivity index (χ1) is 7.77. The fourth-order valence-corrected chi connectivity index (χ4v) is 1.86. The molecule has 2 nitrogen and oxygen atoms in total. The molecule has 0 N–H and O–H groups in total. The van der Waals surface area contributed by atoms with E-state index in [9.17, 15) is 4.79 Å². The zero-order chi connectivity index (χ0) is 12.0. The molecule has 2 rings (SSSR count). The Morgan fingerprint density at radius 2 is 1.88 bits per heavy atom. The van der Waals surface area contributed by atoms with E-state index in [2.05, 4.69) is 12.1 Å². The molecule has 0 spiro atoms. The second-order valence-electron chi connectivity index (χ2n) is 3.94. The average molecular weight is 219 g/mol. The van der Waals surface area contributed by atoms with Crippen LogP contribution in [0.2, 0.25) is 0 Å². The largest absolute Gasteiger partial charge is 0.338 e. The predicted octanol–water partition coefficient (Wildman–Crippen LogP) is 3.08. The average Bonchev–Trinajstić information content (AvgIpc) is 2.65. The molecule has 0 radical (unpaired) electrons. The van der Waals surface area contributed by atoms with E-state index in [1.807, 2.05) is 43.9 Å². The molecule has 0 bridgehead atoms. The van der Waals surface area contributed by atoms with Crippen molar-refractivity contribution in [2.75, 3.05) is 6.54 Å². The lowest BCUT2D eigenvalue weighted by molar-refractivity contribution is -0.131. The van der Waals surface area contributed by atoms with Crippen LogP contribution < -0.4 is 0 Å². The molecule has 0 aromatic heterocycles. The van der Waals surface area contributed by atoms with Crippen LogP contribution in [-0.4, -0.2) is 17.4 Å². The predicted molar refractivity (Wildman–Crippen MR) is 67.0 cm³/mol. The lowest BCUT2D eigenvalue weighted by Crippen LogP contribution is -2.25. The summed E-state index contributed by atoms with van der Waals surface area (Å²) in [6, 6.07) is 10.2. The van der Waals surface area contributed by atoms with Gasteiger partial charge in [-0.1, -0.05) is 51.1 Å². The first kappa shape index (κ1) is 12.8. The van der Waals surface area contributed by atoms with Crippen LogP contribution in [0.3, 0.4) is 0 Å². The summed E-state index contributed by atoms with van der Waals surface area (Å²) in [6.45, 7) is 7.69. The van der Waals surface area contributed by atoms with Crippen molar-refractivity contribution in [2.45, 2.75) is 33.7 Å². The third-order valence-corrected chi connectivity index (χ3v) is 2.78. The van der Waals surface area contributed by atoms with Crippen LogP contribution in [0.15, 0.2) is 30.3 Å². The highest BCUT2D eigenvalue weighted by Gasteiger charge is 2.27. The van der Waals surface area contributed by atoms with Crippen molar-refractivity contribution in [2.24, 2.45) is 5.92 Å². The lowest BCUT2D eigenvalue weighted by Gasteiger charge is -2.15. The third kappa shape index (κ3) is 3.09. The van der Waals surface area contributed by atoms with Crippen LogP contribution in [-0.2, 0) is 11.3 Å². The van der Waals surface area contributed by atoms with E-state index in [4.69, 9.17) is 0 Å². The molecule has 1 aromatic rings. The molecule has 1 heterocycles. The zero-order valence-electron chi connectivity index (χ0n) is 10.4. The molecule has 16 heavy (non-hydrogen) atoms. The highest BCUT2D eigenvalue weighted by molar-refractivity contribution is 5.80. The number of rotatable bonds is 2. The van der Waals surface area contributed by atoms with Gasteiger partial charge in [-0.2, -0.15) is 0 Å². The molecule has 1 amide bonds. The van der Waals surface area contributed by atoms with Gasteiger partial charge in [-0.05, 0) is 12.0 Å². The Hall–Kier alpha value is -1.31. The Bertz CT molecular complexity index is 321. The van der Waals surface area contributed by atoms with Gasteiger partial charge in [0.15, 0.2) is 0 Å². The summed E-state index contributed by atoms with van der Waals surface area (Å²) in [5.41, 5.74) is 1.22. The smallest absolute Gasteiger partial charge is 0.225 e. The molecule has 1 atom stereocenters. The van der Waals surface area contributed by atoms with E-state index in [1.165, 1.54) is 5.56 Å². The molecule has 1 saturated heterocycles. The Morgan fingerprint density at radius 3 is 2.38 bits per heavy atom. The van der Waals surface area contributed by atoms with Crippen LogP contribution in [0.25, 0.3) is 0 Å². The Labute approximate surface area is 98.3 Å². The number of likely N-dealkylation sites (tertiary alicyclic amines) is 1. The topological polar surface area (TPSA) is 20.3 Å². The summed E-state index contributed by atoms with van der Waals surface area (Å²) in [5.74, 6) is 0.521. The van der Waals surface area contributed by atoms with Crippen molar-refractivity contribution in [1.29, 1.82) is 0 Å². The lowest BCUT2D eigenvalue weighted by atomic mass is 10.1. The molecule has 1 aliphatic rings. The van der Waals surface area contributed by atoms with Crippen molar-refractivity contribution in [1.82, 2.24) is 4.90 Å². The number of amides is 1. The van der Waals surface area contributed by atoms with E-state index in [0.717, 1.165) is 19.5 Å². The fourth-order valence-electron chi connectivity index (χ4n) is 1.86. The second-order valence-corrected chi connectivity index (χ2v) is 3.94. The minimum Gasteiger partial charge on any atom is -0.338 e. The molecule has 1 aromatic carbocycles. The van der Waals surface area contributed by atoms with Crippen molar-refractivity contribution >= 4 is 5.91 Å². The summed E-state index contributed by atoms with van der Waals surface area (Å²) in [7, 11) is 0. The van der Waals surface area contributed by atoms with Crippen LogP contribution >= 0.6 is 0 Å². The fraction of sp³-hybridized carbons (Fsp3) is 0.500. The van der Waals surface area contributed by atoms with Gasteiger partial charge in [-0.3, -0.25) is 4.79 Å². The van der Waals surface area contributed by atoms with E-state index in [1.54, 1.807) is 0 Å². The molecular weight excluding hydrogens is 198 g/mol. The molecule has 1 fully saturated rings. The van der Waals surface area contributed by atoms with Crippen LogP contribution in [0.1, 0.15) is 32.8 Å². The van der Waals surface area contributed by atoms with E-state index >= 15 is 0 Å². The molecule has 1 unspecified atom stereocenters. The molecular formula is C14H21NO. The van der Waals surface area contributed by atoms with Gasteiger partial charge in [-0.25, -0.2) is 0 Å². The zero-order valence-corrected chi connectivity index (χ0v) is 10.4. The van der Waals surface area contributed by atoms with Gasteiger partial charge < -0.3 is 4.90 Å². The number of nitrogens with zero attached hydrogens (tertiary/aromatic N) is 1. The van der Waals surface area contributed by atoms with E-state index < -0.39 is 0 Å². The molecule has 0 saturated carbocycles. The summed E-state index contributed by atoms with van der Waals surface area (Å²) in [6.07, 6.45) is 1.01. The van der Waals surface area contributed by atoms with Crippen molar-refractivity contribution in [3.63, 3.8) is 0 Å². The van der Waals surface area contributed by atoms with E-state index in [0.29, 0.717) is 5.91 Å². The van der Waals surface area contributed by atoms with Gasteiger partial charge in [0.1, 0.15) is 0 Å². The van der Waals surface area contributed by atoms with Gasteiger partial charge in [0.05, 0.1) is 0 Å². The molecule has 0 aliphatic carbocycles. The van der Waals surface area contributed by atoms with Gasteiger partial charge in [0.25, 0.3) is 0 Å². The van der Waals surface area contributed by atoms with Gasteiger partial charge in [0.2, 0.25) is 5.91 Å². The summed E-state index contributed by atoms with van der Waals surface area (Å²) < 4.78 is 0. The highest BCUT2D eigenvalue weighted by atomic mass is 16.2. The first-order valence-electron chi connectivity index (χ1n) is 6.10. The Morgan fingerprint density at radius 1 is 1.25 bits per heavy atom. The molecule has 88 valence electrons. The van der Waals surface area contributed by atoms with Gasteiger partial charge in [-0.15, -0.1) is 0 Å². The quantitative estimate of drug-likeness (QED) is 0.748. The van der Waals surface area contributed by atoms with Crippen molar-refractivity contribution < 1.29 is 4.79 Å². The molecule has 2 heteroatoms. The normalized spacial score (nSPS) is 19.3. The number of hydrogen-bond donors (Lipinski definition) is 0. The highest BCUT2D eigenvalue weighted by Crippen LogP contribution is 2.19. The maximum atomic E-state index is 11.6. The minimum absolute atomic E-state index is 0.221. The second kappa shape index (κ2) is 6.31. The maximum Gasteiger partial charge on any atom is 0.225 e. The monoisotopic (exact) mass is 219 g/mol. The van der Waals surface area contributed by atoms with Gasteiger partial charge in [0, 0.05) is 19.0 Å². The Kier molecular flexibility index (Phi) is 5.03. The third-order valence-electron chi connectivity index (χ3n) is 2.78. The standard InChI is InChI=1S/C12H15NO.C2H6/c1-10-7-8-13(12(10)14)9-11-5-3-2-4-6-11;1-2/h2-6,10H,7-9H2,1H3;1-2H3. The summed E-state index contributed by atoms with van der Waals surface area (Å²) >= 11 is 0. The minimum atomic E-state index is 0.221. The number of hydrogen-bond acceptors (Lipinski definition) is 1. The maximum absolute atomic E-state index is 11.6.